The lowest BCUT2D eigenvalue weighted by molar-refractivity contribution is -0.117. The van der Waals surface area contributed by atoms with Gasteiger partial charge in [-0.25, -0.2) is 4.68 Å². The van der Waals surface area contributed by atoms with Crippen LogP contribution in [0.4, 0.5) is 5.69 Å². The van der Waals surface area contributed by atoms with Crippen LogP contribution in [0.3, 0.4) is 0 Å². The van der Waals surface area contributed by atoms with E-state index in [0.717, 1.165) is 4.68 Å². The van der Waals surface area contributed by atoms with E-state index in [1.807, 2.05) is 18.2 Å². The summed E-state index contributed by atoms with van der Waals surface area (Å²) in [6, 6.07) is 12.4. The van der Waals surface area contributed by atoms with Crippen LogP contribution in [0.5, 0.6) is 11.5 Å². The summed E-state index contributed by atoms with van der Waals surface area (Å²) in [7, 11) is 2.96. The van der Waals surface area contributed by atoms with E-state index < -0.39 is 5.56 Å². The molecule has 128 valence electrons. The standard InChI is InChI=1S/C18H17N3O4/c1-24-14-9-8-12-10-19-21(18(23)16(12)17(14)25-2)11-15(22)20-13-6-4-3-5-7-13/h3-10H,11H2,1-2H3,(H,20,22). The molecule has 1 heterocycles. The average Bonchev–Trinajstić information content (AvgIpc) is 2.63. The van der Waals surface area contributed by atoms with Crippen molar-refractivity contribution < 1.29 is 14.3 Å². The van der Waals surface area contributed by atoms with Gasteiger partial charge in [-0.3, -0.25) is 9.59 Å². The van der Waals surface area contributed by atoms with Crippen LogP contribution in [0.25, 0.3) is 10.8 Å². The van der Waals surface area contributed by atoms with Gasteiger partial charge in [-0.15, -0.1) is 0 Å². The molecule has 0 saturated carbocycles. The number of methoxy groups -OCH3 is 2. The maximum atomic E-state index is 12.7. The van der Waals surface area contributed by atoms with E-state index in [1.54, 1.807) is 24.3 Å². The Hall–Kier alpha value is -3.35. The number of amides is 1. The molecule has 1 N–H and O–H groups in total. The highest BCUT2D eigenvalue weighted by molar-refractivity contribution is 5.92. The lowest BCUT2D eigenvalue weighted by Crippen LogP contribution is -2.29. The minimum atomic E-state index is -0.420. The average molecular weight is 339 g/mol. The Morgan fingerprint density at radius 3 is 2.56 bits per heavy atom. The fourth-order valence-corrected chi connectivity index (χ4v) is 2.55. The van der Waals surface area contributed by atoms with Gasteiger partial charge >= 0.3 is 0 Å². The summed E-state index contributed by atoms with van der Waals surface area (Å²) in [5, 5.41) is 7.72. The van der Waals surface area contributed by atoms with Crippen LogP contribution >= 0.6 is 0 Å². The number of ether oxygens (including phenoxy) is 2. The molecule has 0 bridgehead atoms. The largest absolute Gasteiger partial charge is 0.493 e. The van der Waals surface area contributed by atoms with Crippen molar-refractivity contribution in [3.63, 3.8) is 0 Å². The molecule has 7 heteroatoms. The summed E-state index contributed by atoms with van der Waals surface area (Å²) in [6.07, 6.45) is 1.52. The quantitative estimate of drug-likeness (QED) is 0.769. The molecule has 0 spiro atoms. The number of hydrogen-bond acceptors (Lipinski definition) is 5. The third-order valence-electron chi connectivity index (χ3n) is 3.71. The normalized spacial score (nSPS) is 10.5. The number of hydrogen-bond donors (Lipinski definition) is 1. The highest BCUT2D eigenvalue weighted by Crippen LogP contribution is 2.32. The van der Waals surface area contributed by atoms with E-state index in [-0.39, 0.29) is 12.5 Å². The van der Waals surface area contributed by atoms with Gasteiger partial charge in [0.1, 0.15) is 6.54 Å². The predicted molar refractivity (Wildman–Crippen MR) is 94.2 cm³/mol. The smallest absolute Gasteiger partial charge is 0.279 e. The first-order chi connectivity index (χ1) is 12.1. The molecule has 2 aromatic carbocycles. The van der Waals surface area contributed by atoms with Crippen LogP contribution in [0.15, 0.2) is 53.5 Å². The van der Waals surface area contributed by atoms with Gasteiger partial charge in [0.05, 0.1) is 25.8 Å². The fraction of sp³-hybridized carbons (Fsp3) is 0.167. The van der Waals surface area contributed by atoms with Crippen molar-refractivity contribution in [1.29, 1.82) is 0 Å². The second-order valence-corrected chi connectivity index (χ2v) is 5.29. The molecule has 7 nitrogen and oxygen atoms in total. The lowest BCUT2D eigenvalue weighted by atomic mass is 10.1. The molecule has 0 aliphatic heterocycles. The molecule has 25 heavy (non-hydrogen) atoms. The van der Waals surface area contributed by atoms with Crippen LogP contribution in [-0.4, -0.2) is 29.9 Å². The Bertz CT molecular complexity index is 967. The summed E-state index contributed by atoms with van der Waals surface area (Å²) in [5.41, 5.74) is 0.233. The first-order valence-corrected chi connectivity index (χ1v) is 7.59. The highest BCUT2D eigenvalue weighted by atomic mass is 16.5. The summed E-state index contributed by atoms with van der Waals surface area (Å²) < 4.78 is 11.6. The first kappa shape index (κ1) is 16.5. The molecule has 0 aliphatic carbocycles. The van der Waals surface area contributed by atoms with Gasteiger partial charge in [-0.1, -0.05) is 18.2 Å². The Labute approximate surface area is 143 Å². The van der Waals surface area contributed by atoms with Crippen molar-refractivity contribution in [2.45, 2.75) is 6.54 Å². The topological polar surface area (TPSA) is 82.5 Å². The number of aromatic nitrogens is 2. The molecule has 1 aromatic heterocycles. The molecule has 3 rings (SSSR count). The van der Waals surface area contributed by atoms with Crippen LogP contribution in [0, 0.1) is 0 Å². The van der Waals surface area contributed by atoms with Crippen molar-refractivity contribution in [1.82, 2.24) is 9.78 Å². The van der Waals surface area contributed by atoms with Crippen LogP contribution in [0.1, 0.15) is 0 Å². The van der Waals surface area contributed by atoms with Crippen molar-refractivity contribution >= 4 is 22.4 Å². The van der Waals surface area contributed by atoms with Crippen molar-refractivity contribution in [2.75, 3.05) is 19.5 Å². The molecule has 0 aliphatic rings. The van der Waals surface area contributed by atoms with Gasteiger partial charge < -0.3 is 14.8 Å². The molecule has 3 aromatic rings. The Morgan fingerprint density at radius 1 is 1.12 bits per heavy atom. The molecule has 0 fully saturated rings. The third-order valence-corrected chi connectivity index (χ3v) is 3.71. The number of nitrogens with one attached hydrogen (secondary N) is 1. The predicted octanol–water partition coefficient (Wildman–Crippen LogP) is 2.05. The molecule has 0 unspecified atom stereocenters. The number of carbonyl (C=O) groups excluding carboxylic acids is 1. The van der Waals surface area contributed by atoms with Gasteiger partial charge in [-0.2, -0.15) is 5.10 Å². The number of anilines is 1. The number of para-hydroxylation sites is 1. The zero-order chi connectivity index (χ0) is 17.8. The molecule has 0 saturated heterocycles. The van der Waals surface area contributed by atoms with Crippen molar-refractivity contribution in [3.05, 3.63) is 59.0 Å². The van der Waals surface area contributed by atoms with Gasteiger partial charge in [-0.05, 0) is 24.3 Å². The Morgan fingerprint density at radius 2 is 1.88 bits per heavy atom. The second-order valence-electron chi connectivity index (χ2n) is 5.29. The molecule has 0 atom stereocenters. The molecular formula is C18H17N3O4. The number of fused-ring (bicyclic) bond motifs is 1. The summed E-state index contributed by atoms with van der Waals surface area (Å²) in [6.45, 7) is -0.204. The van der Waals surface area contributed by atoms with Gasteiger partial charge in [0, 0.05) is 11.1 Å². The van der Waals surface area contributed by atoms with Crippen LogP contribution < -0.4 is 20.3 Å². The molecule has 1 amide bonds. The fourth-order valence-electron chi connectivity index (χ4n) is 2.55. The summed E-state index contributed by atoms with van der Waals surface area (Å²) in [5.74, 6) is 0.421. The molecule has 0 radical (unpaired) electrons. The maximum absolute atomic E-state index is 12.7. The summed E-state index contributed by atoms with van der Waals surface area (Å²) >= 11 is 0. The zero-order valence-electron chi connectivity index (χ0n) is 13.9. The Kier molecular flexibility index (Phi) is 4.65. The maximum Gasteiger partial charge on any atom is 0.279 e. The minimum Gasteiger partial charge on any atom is -0.493 e. The minimum absolute atomic E-state index is 0.204. The first-order valence-electron chi connectivity index (χ1n) is 7.59. The number of carbonyl (C=O) groups is 1. The van der Waals surface area contributed by atoms with Crippen molar-refractivity contribution in [3.8, 4) is 11.5 Å². The monoisotopic (exact) mass is 339 g/mol. The van der Waals surface area contributed by atoms with Gasteiger partial charge in [0.15, 0.2) is 11.5 Å². The van der Waals surface area contributed by atoms with E-state index in [0.29, 0.717) is 28.0 Å². The van der Waals surface area contributed by atoms with Crippen LogP contribution in [-0.2, 0) is 11.3 Å². The van der Waals surface area contributed by atoms with Crippen molar-refractivity contribution in [2.24, 2.45) is 0 Å². The van der Waals surface area contributed by atoms with E-state index in [2.05, 4.69) is 10.4 Å². The second kappa shape index (κ2) is 7.04. The molecular weight excluding hydrogens is 322 g/mol. The Balaban J connectivity index is 1.96. The van der Waals surface area contributed by atoms with Crippen LogP contribution in [0.2, 0.25) is 0 Å². The number of rotatable bonds is 5. The van der Waals surface area contributed by atoms with E-state index in [1.165, 1.54) is 20.4 Å². The van der Waals surface area contributed by atoms with E-state index in [9.17, 15) is 9.59 Å². The van der Waals surface area contributed by atoms with E-state index >= 15 is 0 Å². The zero-order valence-corrected chi connectivity index (χ0v) is 13.9. The lowest BCUT2D eigenvalue weighted by Gasteiger charge is -2.12. The number of nitrogens with zero attached hydrogens (tertiary/aromatic N) is 2. The van der Waals surface area contributed by atoms with E-state index in [4.69, 9.17) is 9.47 Å². The summed E-state index contributed by atoms with van der Waals surface area (Å²) in [4.78, 5) is 24.9. The number of benzene rings is 2. The van der Waals surface area contributed by atoms with Gasteiger partial charge in [0.25, 0.3) is 5.56 Å². The SMILES string of the molecule is COc1ccc2cnn(CC(=O)Nc3ccccc3)c(=O)c2c1OC. The van der Waals surface area contributed by atoms with Gasteiger partial charge in [0.2, 0.25) is 5.91 Å². The highest BCUT2D eigenvalue weighted by Gasteiger charge is 2.16. The third kappa shape index (κ3) is 3.30.